The molecule has 0 bridgehead atoms. The van der Waals surface area contributed by atoms with Crippen LogP contribution in [0.4, 0.5) is 5.69 Å². The number of benzene rings is 2. The van der Waals surface area contributed by atoms with Gasteiger partial charge in [0, 0.05) is 17.7 Å². The van der Waals surface area contributed by atoms with Crippen molar-refractivity contribution in [2.24, 2.45) is 0 Å². The second-order valence-corrected chi connectivity index (χ2v) is 5.21. The van der Waals surface area contributed by atoms with Crippen molar-refractivity contribution in [3.8, 4) is 5.75 Å². The van der Waals surface area contributed by atoms with Crippen LogP contribution in [0.25, 0.3) is 0 Å². The largest absolute Gasteiger partial charge is 0.491 e. The zero-order valence-electron chi connectivity index (χ0n) is 11.7. The molecule has 0 radical (unpaired) electrons. The molecule has 1 amide bonds. The molecule has 3 N–H and O–H groups in total. The molecule has 21 heavy (non-hydrogen) atoms. The van der Waals surface area contributed by atoms with Crippen LogP contribution in [0.1, 0.15) is 23.6 Å². The summed E-state index contributed by atoms with van der Waals surface area (Å²) in [6.07, 6.45) is 1.17. The molecule has 0 saturated carbocycles. The van der Waals surface area contributed by atoms with E-state index in [2.05, 4.69) is 5.32 Å². The molecule has 0 spiro atoms. The van der Waals surface area contributed by atoms with Gasteiger partial charge in [-0.2, -0.15) is 0 Å². The summed E-state index contributed by atoms with van der Waals surface area (Å²) in [6.45, 7) is 0.507. The normalized spacial score (nSPS) is 16.1. The first-order valence-electron chi connectivity index (χ1n) is 7.08. The van der Waals surface area contributed by atoms with Crippen LogP contribution in [0.3, 0.4) is 0 Å². The minimum Gasteiger partial charge on any atom is -0.491 e. The Balaban J connectivity index is 1.54. The number of nitrogen functional groups attached to an aromatic ring is 1. The van der Waals surface area contributed by atoms with Crippen LogP contribution in [0, 0.1) is 0 Å². The number of nitrogens with two attached hydrogens (primary N) is 1. The van der Waals surface area contributed by atoms with Crippen LogP contribution < -0.4 is 15.8 Å². The molecule has 2 aromatic rings. The van der Waals surface area contributed by atoms with E-state index in [0.717, 1.165) is 22.6 Å². The summed E-state index contributed by atoms with van der Waals surface area (Å²) in [6, 6.07) is 15.4. The predicted octanol–water partition coefficient (Wildman–Crippen LogP) is 2.45. The lowest BCUT2D eigenvalue weighted by molar-refractivity contribution is -0.121. The second-order valence-electron chi connectivity index (χ2n) is 5.21. The highest BCUT2D eigenvalue weighted by molar-refractivity contribution is 5.77. The van der Waals surface area contributed by atoms with Crippen LogP contribution in [-0.2, 0) is 11.2 Å². The summed E-state index contributed by atoms with van der Waals surface area (Å²) in [7, 11) is 0. The van der Waals surface area contributed by atoms with Crippen molar-refractivity contribution < 1.29 is 9.53 Å². The number of hydrogen-bond donors (Lipinski definition) is 2. The summed E-state index contributed by atoms with van der Waals surface area (Å²) in [5, 5.41) is 3.03. The van der Waals surface area contributed by atoms with Crippen LogP contribution in [0.5, 0.6) is 5.75 Å². The van der Waals surface area contributed by atoms with Crippen molar-refractivity contribution in [1.82, 2.24) is 5.32 Å². The smallest absolute Gasteiger partial charge is 0.220 e. The van der Waals surface area contributed by atoms with E-state index in [-0.39, 0.29) is 11.9 Å². The minimum atomic E-state index is -0.0416. The van der Waals surface area contributed by atoms with Gasteiger partial charge < -0.3 is 15.8 Å². The Morgan fingerprint density at radius 2 is 1.95 bits per heavy atom. The SMILES string of the molecule is Nc1ccc(CCC(=O)NC2COc3ccccc32)cc1. The summed E-state index contributed by atoms with van der Waals surface area (Å²) in [5.74, 6) is 0.901. The first-order valence-corrected chi connectivity index (χ1v) is 7.08. The lowest BCUT2D eigenvalue weighted by Gasteiger charge is -2.11. The van der Waals surface area contributed by atoms with Gasteiger partial charge >= 0.3 is 0 Å². The second kappa shape index (κ2) is 5.87. The number of fused-ring (bicyclic) bond motifs is 1. The molecule has 108 valence electrons. The average Bonchev–Trinajstić information content (AvgIpc) is 2.90. The number of aryl methyl sites for hydroxylation is 1. The van der Waals surface area contributed by atoms with E-state index in [0.29, 0.717) is 19.4 Å². The van der Waals surface area contributed by atoms with Gasteiger partial charge in [-0.3, -0.25) is 4.79 Å². The van der Waals surface area contributed by atoms with Gasteiger partial charge in [0.2, 0.25) is 5.91 Å². The molecule has 1 heterocycles. The molecule has 2 aromatic carbocycles. The Morgan fingerprint density at radius 1 is 1.19 bits per heavy atom. The molecule has 0 aliphatic carbocycles. The van der Waals surface area contributed by atoms with Crippen molar-refractivity contribution >= 4 is 11.6 Å². The van der Waals surface area contributed by atoms with Gasteiger partial charge in [-0.1, -0.05) is 30.3 Å². The fourth-order valence-electron chi connectivity index (χ4n) is 2.49. The third-order valence-electron chi connectivity index (χ3n) is 3.66. The number of carbonyl (C=O) groups is 1. The molecular weight excluding hydrogens is 264 g/mol. The van der Waals surface area contributed by atoms with E-state index < -0.39 is 0 Å². The Morgan fingerprint density at radius 3 is 2.76 bits per heavy atom. The van der Waals surface area contributed by atoms with Gasteiger partial charge in [-0.05, 0) is 30.2 Å². The number of nitrogens with one attached hydrogen (secondary N) is 1. The predicted molar refractivity (Wildman–Crippen MR) is 82.0 cm³/mol. The number of para-hydroxylation sites is 1. The highest BCUT2D eigenvalue weighted by Crippen LogP contribution is 2.31. The van der Waals surface area contributed by atoms with Crippen molar-refractivity contribution in [2.75, 3.05) is 12.3 Å². The van der Waals surface area contributed by atoms with Gasteiger partial charge in [-0.25, -0.2) is 0 Å². The zero-order valence-corrected chi connectivity index (χ0v) is 11.7. The maximum Gasteiger partial charge on any atom is 0.220 e. The van der Waals surface area contributed by atoms with E-state index in [1.165, 1.54) is 0 Å². The monoisotopic (exact) mass is 282 g/mol. The van der Waals surface area contributed by atoms with Crippen molar-refractivity contribution in [2.45, 2.75) is 18.9 Å². The van der Waals surface area contributed by atoms with E-state index in [9.17, 15) is 4.79 Å². The maximum absolute atomic E-state index is 12.1. The number of ether oxygens (including phenoxy) is 1. The Bertz CT molecular complexity index is 637. The molecule has 0 fully saturated rings. The first-order chi connectivity index (χ1) is 10.2. The number of hydrogen-bond acceptors (Lipinski definition) is 3. The van der Waals surface area contributed by atoms with Crippen molar-refractivity contribution in [3.05, 3.63) is 59.7 Å². The van der Waals surface area contributed by atoms with Gasteiger partial charge in [0.15, 0.2) is 0 Å². The number of amides is 1. The van der Waals surface area contributed by atoms with E-state index in [1.807, 2.05) is 48.5 Å². The zero-order chi connectivity index (χ0) is 14.7. The van der Waals surface area contributed by atoms with E-state index in [4.69, 9.17) is 10.5 Å². The van der Waals surface area contributed by atoms with Gasteiger partial charge in [0.1, 0.15) is 12.4 Å². The maximum atomic E-state index is 12.1. The van der Waals surface area contributed by atoms with Gasteiger partial charge in [0.25, 0.3) is 0 Å². The highest BCUT2D eigenvalue weighted by atomic mass is 16.5. The van der Waals surface area contributed by atoms with E-state index >= 15 is 0 Å². The summed E-state index contributed by atoms with van der Waals surface area (Å²) in [4.78, 5) is 12.1. The molecule has 4 heteroatoms. The number of carbonyl (C=O) groups excluding carboxylic acids is 1. The standard InChI is InChI=1S/C17H18N2O2/c18-13-8-5-12(6-9-13)7-10-17(20)19-15-11-21-16-4-2-1-3-14(15)16/h1-6,8-9,15H,7,10-11,18H2,(H,19,20). The molecule has 0 aromatic heterocycles. The molecule has 1 aliphatic heterocycles. The van der Waals surface area contributed by atoms with Crippen molar-refractivity contribution in [3.63, 3.8) is 0 Å². The first kappa shape index (κ1) is 13.5. The van der Waals surface area contributed by atoms with E-state index in [1.54, 1.807) is 0 Å². The fourth-order valence-corrected chi connectivity index (χ4v) is 2.49. The third-order valence-corrected chi connectivity index (χ3v) is 3.66. The summed E-state index contributed by atoms with van der Waals surface area (Å²) >= 11 is 0. The third kappa shape index (κ3) is 3.16. The molecule has 4 nitrogen and oxygen atoms in total. The molecule has 1 unspecified atom stereocenters. The average molecular weight is 282 g/mol. The quantitative estimate of drug-likeness (QED) is 0.847. The van der Waals surface area contributed by atoms with Gasteiger partial charge in [-0.15, -0.1) is 0 Å². The topological polar surface area (TPSA) is 64.4 Å². The number of anilines is 1. The van der Waals surface area contributed by atoms with Crippen LogP contribution >= 0.6 is 0 Å². The fraction of sp³-hybridized carbons (Fsp3) is 0.235. The lowest BCUT2D eigenvalue weighted by Crippen LogP contribution is -2.29. The number of rotatable bonds is 4. The summed E-state index contributed by atoms with van der Waals surface area (Å²) in [5.41, 5.74) is 8.55. The van der Waals surface area contributed by atoms with Crippen molar-refractivity contribution in [1.29, 1.82) is 0 Å². The summed E-state index contributed by atoms with van der Waals surface area (Å²) < 4.78 is 5.56. The molecule has 1 atom stereocenters. The minimum absolute atomic E-state index is 0.0390. The molecule has 3 rings (SSSR count). The van der Waals surface area contributed by atoms with Gasteiger partial charge in [0.05, 0.1) is 6.04 Å². The molecule has 0 saturated heterocycles. The molecular formula is C17H18N2O2. The Labute approximate surface area is 123 Å². The Hall–Kier alpha value is -2.49. The van der Waals surface area contributed by atoms with Crippen LogP contribution in [0.15, 0.2) is 48.5 Å². The Kier molecular flexibility index (Phi) is 3.77. The lowest BCUT2D eigenvalue weighted by atomic mass is 10.1. The molecule has 1 aliphatic rings. The van der Waals surface area contributed by atoms with Crippen LogP contribution in [-0.4, -0.2) is 12.5 Å². The van der Waals surface area contributed by atoms with Crippen LogP contribution in [0.2, 0.25) is 0 Å². The highest BCUT2D eigenvalue weighted by Gasteiger charge is 2.24.